The highest BCUT2D eigenvalue weighted by Gasteiger charge is 2.24. The van der Waals surface area contributed by atoms with E-state index in [0.717, 1.165) is 23.6 Å². The van der Waals surface area contributed by atoms with Crippen LogP contribution in [0.3, 0.4) is 0 Å². The van der Waals surface area contributed by atoms with Gasteiger partial charge in [0.2, 0.25) is 5.88 Å². The number of hydrogen-bond donors (Lipinski definition) is 0. The second kappa shape index (κ2) is 7.51. The van der Waals surface area contributed by atoms with Crippen LogP contribution in [0.25, 0.3) is 0 Å². The Hall–Kier alpha value is -2.01. The van der Waals surface area contributed by atoms with Crippen molar-refractivity contribution in [1.82, 2.24) is 4.98 Å². The van der Waals surface area contributed by atoms with Crippen molar-refractivity contribution in [3.05, 3.63) is 54.2 Å². The number of anilines is 1. The summed E-state index contributed by atoms with van der Waals surface area (Å²) in [7, 11) is 0. The molecule has 1 fully saturated rings. The minimum absolute atomic E-state index is 0.0764. The maximum absolute atomic E-state index is 13.0. The van der Waals surface area contributed by atoms with Gasteiger partial charge in [0.1, 0.15) is 11.7 Å². The molecule has 0 N–H and O–H groups in total. The third kappa shape index (κ3) is 3.67. The van der Waals surface area contributed by atoms with Crippen molar-refractivity contribution >= 4 is 23.4 Å². The van der Waals surface area contributed by atoms with E-state index in [1.165, 1.54) is 0 Å². The number of benzene rings is 1. The first kappa shape index (κ1) is 15.9. The van der Waals surface area contributed by atoms with Crippen molar-refractivity contribution in [2.45, 2.75) is 19.4 Å². The van der Waals surface area contributed by atoms with Gasteiger partial charge in [-0.05, 0) is 43.4 Å². The average molecular weight is 328 g/mol. The molecule has 23 heavy (non-hydrogen) atoms. The molecule has 0 radical (unpaired) electrons. The Morgan fingerprint density at radius 2 is 2.13 bits per heavy atom. The molecule has 1 aliphatic heterocycles. The van der Waals surface area contributed by atoms with E-state index < -0.39 is 0 Å². The largest absolute Gasteiger partial charge is 0.473 e. The topological polar surface area (TPSA) is 42.4 Å². The van der Waals surface area contributed by atoms with E-state index in [9.17, 15) is 4.79 Å². The summed E-state index contributed by atoms with van der Waals surface area (Å²) in [4.78, 5) is 19.0. The zero-order chi connectivity index (χ0) is 16.1. The molecule has 1 saturated heterocycles. The van der Waals surface area contributed by atoms with Gasteiger partial charge in [0.05, 0.1) is 0 Å². The summed E-state index contributed by atoms with van der Waals surface area (Å²) in [6.07, 6.45) is 2.83. The van der Waals surface area contributed by atoms with Crippen molar-refractivity contribution in [3.8, 4) is 5.88 Å². The van der Waals surface area contributed by atoms with Gasteiger partial charge < -0.3 is 9.64 Å². The Kier molecular flexibility index (Phi) is 5.18. The van der Waals surface area contributed by atoms with Crippen molar-refractivity contribution in [2.24, 2.45) is 0 Å². The van der Waals surface area contributed by atoms with E-state index >= 15 is 0 Å². The Labute approximate surface area is 140 Å². The SMILES string of the molecule is CCN(C(=O)c1cccnc1OC1CCSC1)c1ccccc1. The first-order chi connectivity index (χ1) is 11.3. The predicted molar refractivity (Wildman–Crippen MR) is 94.4 cm³/mol. The van der Waals surface area contributed by atoms with E-state index in [0.29, 0.717) is 18.0 Å². The standard InChI is InChI=1S/C18H20N2O2S/c1-2-20(14-7-4-3-5-8-14)18(21)16-9-6-11-19-17(16)22-15-10-12-23-13-15/h3-9,11,15H,2,10,12-13H2,1H3. The number of para-hydroxylation sites is 1. The summed E-state index contributed by atoms with van der Waals surface area (Å²) in [5, 5.41) is 0. The summed E-state index contributed by atoms with van der Waals surface area (Å²) in [6.45, 7) is 2.56. The lowest BCUT2D eigenvalue weighted by Gasteiger charge is -2.22. The third-order valence-electron chi connectivity index (χ3n) is 3.80. The van der Waals surface area contributed by atoms with Crippen LogP contribution in [0, 0.1) is 0 Å². The quantitative estimate of drug-likeness (QED) is 0.840. The van der Waals surface area contributed by atoms with E-state index in [-0.39, 0.29) is 12.0 Å². The van der Waals surface area contributed by atoms with Gasteiger partial charge in [0, 0.05) is 24.2 Å². The Balaban J connectivity index is 1.86. The van der Waals surface area contributed by atoms with Crippen LogP contribution in [0.4, 0.5) is 5.69 Å². The van der Waals surface area contributed by atoms with Crippen LogP contribution in [0.1, 0.15) is 23.7 Å². The highest BCUT2D eigenvalue weighted by atomic mass is 32.2. The van der Waals surface area contributed by atoms with Crippen LogP contribution in [0.15, 0.2) is 48.7 Å². The minimum atomic E-state index is -0.0764. The normalized spacial score (nSPS) is 17.0. The predicted octanol–water partition coefficient (Wildman–Crippen LogP) is 3.63. The molecule has 1 atom stereocenters. The van der Waals surface area contributed by atoms with Crippen LogP contribution in [-0.4, -0.2) is 35.0 Å². The van der Waals surface area contributed by atoms with Gasteiger partial charge in [-0.15, -0.1) is 0 Å². The number of rotatable bonds is 5. The van der Waals surface area contributed by atoms with Gasteiger partial charge in [-0.2, -0.15) is 11.8 Å². The maximum Gasteiger partial charge on any atom is 0.263 e. The molecule has 1 amide bonds. The molecule has 0 saturated carbocycles. The molecule has 5 heteroatoms. The molecule has 2 heterocycles. The van der Waals surface area contributed by atoms with Crippen LogP contribution in [-0.2, 0) is 0 Å². The first-order valence-electron chi connectivity index (χ1n) is 7.86. The molecular formula is C18H20N2O2S. The number of ether oxygens (including phenoxy) is 1. The molecule has 0 aliphatic carbocycles. The van der Waals surface area contributed by atoms with Gasteiger partial charge in [-0.3, -0.25) is 4.79 Å². The zero-order valence-corrected chi connectivity index (χ0v) is 14.0. The molecule has 1 unspecified atom stereocenters. The fourth-order valence-corrected chi connectivity index (χ4v) is 3.70. The maximum atomic E-state index is 13.0. The van der Waals surface area contributed by atoms with Gasteiger partial charge in [0.15, 0.2) is 0 Å². The molecule has 4 nitrogen and oxygen atoms in total. The highest BCUT2D eigenvalue weighted by molar-refractivity contribution is 7.99. The lowest BCUT2D eigenvalue weighted by atomic mass is 10.2. The fourth-order valence-electron chi connectivity index (χ4n) is 2.61. The number of carbonyl (C=O) groups excluding carboxylic acids is 1. The van der Waals surface area contributed by atoms with E-state index in [1.807, 2.05) is 49.0 Å². The second-order valence-electron chi connectivity index (χ2n) is 5.34. The molecule has 120 valence electrons. The van der Waals surface area contributed by atoms with Gasteiger partial charge in [-0.25, -0.2) is 4.98 Å². The number of carbonyl (C=O) groups is 1. The minimum Gasteiger partial charge on any atom is -0.473 e. The number of hydrogen-bond acceptors (Lipinski definition) is 4. The summed E-state index contributed by atoms with van der Waals surface area (Å²) in [5.74, 6) is 2.43. The molecule has 0 bridgehead atoms. The Bertz CT molecular complexity index is 657. The molecule has 1 aromatic heterocycles. The van der Waals surface area contributed by atoms with Crippen molar-refractivity contribution < 1.29 is 9.53 Å². The number of pyridine rings is 1. The summed E-state index contributed by atoms with van der Waals surface area (Å²) < 4.78 is 5.98. The lowest BCUT2D eigenvalue weighted by Crippen LogP contribution is -2.31. The monoisotopic (exact) mass is 328 g/mol. The molecule has 3 rings (SSSR count). The summed E-state index contributed by atoms with van der Waals surface area (Å²) in [6, 6.07) is 13.3. The van der Waals surface area contributed by atoms with Crippen LogP contribution < -0.4 is 9.64 Å². The molecule has 1 aliphatic rings. The zero-order valence-electron chi connectivity index (χ0n) is 13.1. The smallest absolute Gasteiger partial charge is 0.263 e. The third-order valence-corrected chi connectivity index (χ3v) is 4.93. The highest BCUT2D eigenvalue weighted by Crippen LogP contribution is 2.26. The van der Waals surface area contributed by atoms with Crippen LogP contribution in [0.2, 0.25) is 0 Å². The van der Waals surface area contributed by atoms with Crippen LogP contribution >= 0.6 is 11.8 Å². The van der Waals surface area contributed by atoms with Gasteiger partial charge in [0.25, 0.3) is 5.91 Å². The molecule has 2 aromatic rings. The summed E-state index contributed by atoms with van der Waals surface area (Å²) >= 11 is 1.88. The van der Waals surface area contributed by atoms with Crippen molar-refractivity contribution in [3.63, 3.8) is 0 Å². The van der Waals surface area contributed by atoms with Gasteiger partial charge in [-0.1, -0.05) is 18.2 Å². The Morgan fingerprint density at radius 3 is 2.83 bits per heavy atom. The van der Waals surface area contributed by atoms with Gasteiger partial charge >= 0.3 is 0 Å². The first-order valence-corrected chi connectivity index (χ1v) is 9.01. The molecule has 0 spiro atoms. The fraction of sp³-hybridized carbons (Fsp3) is 0.333. The second-order valence-corrected chi connectivity index (χ2v) is 6.49. The van der Waals surface area contributed by atoms with E-state index in [1.54, 1.807) is 23.2 Å². The van der Waals surface area contributed by atoms with Crippen molar-refractivity contribution in [2.75, 3.05) is 23.0 Å². The molecular weight excluding hydrogens is 308 g/mol. The average Bonchev–Trinajstić information content (AvgIpc) is 3.10. The number of thioether (sulfide) groups is 1. The number of nitrogens with zero attached hydrogens (tertiary/aromatic N) is 2. The van der Waals surface area contributed by atoms with E-state index in [4.69, 9.17) is 4.74 Å². The van der Waals surface area contributed by atoms with Crippen molar-refractivity contribution in [1.29, 1.82) is 0 Å². The summed E-state index contributed by atoms with van der Waals surface area (Å²) in [5.41, 5.74) is 1.40. The van der Waals surface area contributed by atoms with E-state index in [2.05, 4.69) is 4.98 Å². The Morgan fingerprint density at radius 1 is 1.30 bits per heavy atom. The number of aromatic nitrogens is 1. The molecule has 1 aromatic carbocycles. The van der Waals surface area contributed by atoms with Crippen LogP contribution in [0.5, 0.6) is 5.88 Å². The number of amides is 1. The lowest BCUT2D eigenvalue weighted by molar-refractivity contribution is 0.0980.